The van der Waals surface area contributed by atoms with Gasteiger partial charge in [0.1, 0.15) is 0 Å². The number of benzene rings is 1. The molecule has 2 aromatic rings. The van der Waals surface area contributed by atoms with E-state index in [1.54, 1.807) is 6.33 Å². The molecule has 1 aromatic heterocycles. The molecule has 0 amide bonds. The maximum absolute atomic E-state index is 5.50. The summed E-state index contributed by atoms with van der Waals surface area (Å²) in [5.41, 5.74) is 7.43. The monoisotopic (exact) mass is 231 g/mol. The molecule has 0 fully saturated rings. The van der Waals surface area contributed by atoms with Crippen LogP contribution in [0.4, 0.5) is 0 Å². The fourth-order valence-electron chi connectivity index (χ4n) is 1.84. The van der Waals surface area contributed by atoms with Crippen LogP contribution < -0.4 is 15.2 Å². The summed E-state index contributed by atoms with van der Waals surface area (Å²) in [5, 5.41) is 0. The SMILES string of the molecule is NCCn1cnc(-c2ccc3c(c2)OCO3)c1. The topological polar surface area (TPSA) is 62.3 Å². The van der Waals surface area contributed by atoms with Crippen molar-refractivity contribution in [1.29, 1.82) is 0 Å². The van der Waals surface area contributed by atoms with Crippen LogP contribution in [0, 0.1) is 0 Å². The summed E-state index contributed by atoms with van der Waals surface area (Å²) in [6, 6.07) is 5.82. The van der Waals surface area contributed by atoms with Gasteiger partial charge in [-0.2, -0.15) is 0 Å². The van der Waals surface area contributed by atoms with Gasteiger partial charge in [-0.1, -0.05) is 0 Å². The average molecular weight is 231 g/mol. The predicted octanol–water partition coefficient (Wildman–Crippen LogP) is 1.24. The zero-order valence-electron chi connectivity index (χ0n) is 9.30. The summed E-state index contributed by atoms with van der Waals surface area (Å²) in [7, 11) is 0. The molecule has 0 saturated heterocycles. The maximum atomic E-state index is 5.50. The number of aromatic nitrogens is 2. The molecule has 0 radical (unpaired) electrons. The molecule has 0 bridgehead atoms. The second-order valence-corrected chi connectivity index (χ2v) is 3.85. The quantitative estimate of drug-likeness (QED) is 0.863. The molecule has 0 atom stereocenters. The van der Waals surface area contributed by atoms with Crippen LogP contribution in [0.15, 0.2) is 30.7 Å². The van der Waals surface area contributed by atoms with Gasteiger partial charge in [0.15, 0.2) is 11.5 Å². The highest BCUT2D eigenvalue weighted by atomic mass is 16.7. The molecule has 17 heavy (non-hydrogen) atoms. The molecule has 0 saturated carbocycles. The number of ether oxygens (including phenoxy) is 2. The number of fused-ring (bicyclic) bond motifs is 1. The Morgan fingerprint density at radius 3 is 3.06 bits per heavy atom. The van der Waals surface area contributed by atoms with Crippen LogP contribution in [0.1, 0.15) is 0 Å². The van der Waals surface area contributed by atoms with E-state index in [-0.39, 0.29) is 0 Å². The van der Waals surface area contributed by atoms with Crippen molar-refractivity contribution >= 4 is 0 Å². The standard InChI is InChI=1S/C12H13N3O2/c13-3-4-15-6-10(14-7-15)9-1-2-11-12(5-9)17-8-16-11/h1-2,5-7H,3-4,8,13H2. The Morgan fingerprint density at radius 1 is 1.29 bits per heavy atom. The lowest BCUT2D eigenvalue weighted by Gasteiger charge is -1.99. The number of nitrogens with two attached hydrogens (primary N) is 1. The van der Waals surface area contributed by atoms with Gasteiger partial charge in [0.2, 0.25) is 6.79 Å². The van der Waals surface area contributed by atoms with Crippen molar-refractivity contribution in [1.82, 2.24) is 9.55 Å². The van der Waals surface area contributed by atoms with E-state index in [0.29, 0.717) is 13.3 Å². The van der Waals surface area contributed by atoms with Gasteiger partial charge >= 0.3 is 0 Å². The largest absolute Gasteiger partial charge is 0.454 e. The summed E-state index contributed by atoms with van der Waals surface area (Å²) in [4.78, 5) is 4.34. The zero-order valence-corrected chi connectivity index (χ0v) is 9.30. The molecule has 3 rings (SSSR count). The van der Waals surface area contributed by atoms with Gasteiger partial charge in [-0.3, -0.25) is 0 Å². The van der Waals surface area contributed by atoms with Gasteiger partial charge in [0.05, 0.1) is 12.0 Å². The van der Waals surface area contributed by atoms with Crippen LogP contribution in [-0.2, 0) is 6.54 Å². The first-order chi connectivity index (χ1) is 8.36. The highest BCUT2D eigenvalue weighted by Crippen LogP contribution is 2.35. The minimum Gasteiger partial charge on any atom is -0.454 e. The Hall–Kier alpha value is -2.01. The molecular weight excluding hydrogens is 218 g/mol. The van der Waals surface area contributed by atoms with Gasteiger partial charge in [-0.05, 0) is 18.2 Å². The molecule has 5 nitrogen and oxygen atoms in total. The second kappa shape index (κ2) is 4.10. The number of hydrogen-bond donors (Lipinski definition) is 1. The van der Waals surface area contributed by atoms with Crippen LogP contribution in [-0.4, -0.2) is 22.9 Å². The molecule has 1 aliphatic heterocycles. The first-order valence-electron chi connectivity index (χ1n) is 5.48. The van der Waals surface area contributed by atoms with Crippen molar-refractivity contribution in [2.45, 2.75) is 6.54 Å². The van der Waals surface area contributed by atoms with E-state index in [0.717, 1.165) is 29.3 Å². The van der Waals surface area contributed by atoms with Crippen LogP contribution in [0.3, 0.4) is 0 Å². The first-order valence-corrected chi connectivity index (χ1v) is 5.48. The summed E-state index contributed by atoms with van der Waals surface area (Å²) in [6.07, 6.45) is 3.76. The average Bonchev–Trinajstić information content (AvgIpc) is 2.96. The van der Waals surface area contributed by atoms with E-state index in [4.69, 9.17) is 15.2 Å². The van der Waals surface area contributed by atoms with Gasteiger partial charge in [0, 0.05) is 24.8 Å². The molecule has 2 heterocycles. The van der Waals surface area contributed by atoms with Gasteiger partial charge in [0.25, 0.3) is 0 Å². The van der Waals surface area contributed by atoms with Crippen molar-refractivity contribution < 1.29 is 9.47 Å². The van der Waals surface area contributed by atoms with Crippen molar-refractivity contribution in [3.63, 3.8) is 0 Å². The van der Waals surface area contributed by atoms with E-state index < -0.39 is 0 Å². The predicted molar refractivity (Wildman–Crippen MR) is 62.8 cm³/mol. The molecule has 5 heteroatoms. The van der Waals surface area contributed by atoms with E-state index >= 15 is 0 Å². The van der Waals surface area contributed by atoms with Crippen LogP contribution in [0.25, 0.3) is 11.3 Å². The molecule has 88 valence electrons. The van der Waals surface area contributed by atoms with Crippen molar-refractivity contribution in [3.05, 3.63) is 30.7 Å². The molecule has 1 aromatic carbocycles. The molecule has 0 spiro atoms. The highest BCUT2D eigenvalue weighted by molar-refractivity contribution is 5.63. The minimum absolute atomic E-state index is 0.292. The van der Waals surface area contributed by atoms with E-state index in [1.807, 2.05) is 29.0 Å². The van der Waals surface area contributed by atoms with Gasteiger partial charge < -0.3 is 19.8 Å². The van der Waals surface area contributed by atoms with E-state index in [1.165, 1.54) is 0 Å². The van der Waals surface area contributed by atoms with Crippen molar-refractivity contribution in [3.8, 4) is 22.8 Å². The molecule has 0 aliphatic carbocycles. The number of nitrogens with zero attached hydrogens (tertiary/aromatic N) is 2. The Morgan fingerprint density at radius 2 is 2.18 bits per heavy atom. The maximum Gasteiger partial charge on any atom is 0.231 e. The lowest BCUT2D eigenvalue weighted by atomic mass is 10.1. The second-order valence-electron chi connectivity index (χ2n) is 3.85. The summed E-state index contributed by atoms with van der Waals surface area (Å²) >= 11 is 0. The summed E-state index contributed by atoms with van der Waals surface area (Å²) in [5.74, 6) is 1.56. The third-order valence-corrected chi connectivity index (χ3v) is 2.69. The first kappa shape index (κ1) is 10.2. The smallest absolute Gasteiger partial charge is 0.231 e. The molecule has 0 unspecified atom stereocenters. The fourth-order valence-corrected chi connectivity index (χ4v) is 1.84. The number of hydrogen-bond acceptors (Lipinski definition) is 4. The molecule has 2 N–H and O–H groups in total. The highest BCUT2D eigenvalue weighted by Gasteiger charge is 2.14. The Bertz CT molecular complexity index is 536. The lowest BCUT2D eigenvalue weighted by Crippen LogP contribution is -2.07. The van der Waals surface area contributed by atoms with Gasteiger partial charge in [-0.25, -0.2) is 4.98 Å². The number of imidazole rings is 1. The van der Waals surface area contributed by atoms with E-state index in [9.17, 15) is 0 Å². The summed E-state index contributed by atoms with van der Waals surface area (Å²) in [6.45, 7) is 1.68. The van der Waals surface area contributed by atoms with Gasteiger partial charge in [-0.15, -0.1) is 0 Å². The normalized spacial score (nSPS) is 13.0. The van der Waals surface area contributed by atoms with Crippen molar-refractivity contribution in [2.75, 3.05) is 13.3 Å². The van der Waals surface area contributed by atoms with Crippen LogP contribution in [0.5, 0.6) is 11.5 Å². The fraction of sp³-hybridized carbons (Fsp3) is 0.250. The van der Waals surface area contributed by atoms with E-state index in [2.05, 4.69) is 4.98 Å². The lowest BCUT2D eigenvalue weighted by molar-refractivity contribution is 0.174. The zero-order chi connectivity index (χ0) is 11.7. The summed E-state index contributed by atoms with van der Waals surface area (Å²) < 4.78 is 12.6. The Balaban J connectivity index is 1.92. The molecular formula is C12H13N3O2. The van der Waals surface area contributed by atoms with Crippen LogP contribution >= 0.6 is 0 Å². The third kappa shape index (κ3) is 1.85. The minimum atomic E-state index is 0.292. The Kier molecular flexibility index (Phi) is 2.45. The Labute approximate surface area is 98.8 Å². The molecule has 1 aliphatic rings. The third-order valence-electron chi connectivity index (χ3n) is 2.69. The van der Waals surface area contributed by atoms with Crippen molar-refractivity contribution in [2.24, 2.45) is 5.73 Å². The van der Waals surface area contributed by atoms with Crippen LogP contribution in [0.2, 0.25) is 0 Å². The number of rotatable bonds is 3.